The van der Waals surface area contributed by atoms with Gasteiger partial charge in [0, 0.05) is 22.8 Å². The van der Waals surface area contributed by atoms with E-state index in [9.17, 15) is 19.5 Å². The number of carboxylic acid groups (broad SMARTS) is 1. The van der Waals surface area contributed by atoms with Crippen molar-refractivity contribution in [1.82, 2.24) is 10.3 Å². The maximum absolute atomic E-state index is 13.3. The molecule has 1 aliphatic carbocycles. The Kier molecular flexibility index (Phi) is 8.45. The summed E-state index contributed by atoms with van der Waals surface area (Å²) in [6.45, 7) is 0. The second kappa shape index (κ2) is 11.7. The van der Waals surface area contributed by atoms with E-state index in [0.29, 0.717) is 4.88 Å². The number of hydrogen-bond donors (Lipinski definition) is 4. The quantitative estimate of drug-likeness (QED) is 0.268. The molecule has 2 heterocycles. The number of carbonyl (C=O) groups is 3. The molecule has 1 atom stereocenters. The monoisotopic (exact) mass is 546 g/mol. The summed E-state index contributed by atoms with van der Waals surface area (Å²) in [5.74, 6) is -1.78. The minimum absolute atomic E-state index is 0.139. The van der Waals surface area contributed by atoms with Crippen molar-refractivity contribution >= 4 is 63.8 Å². The van der Waals surface area contributed by atoms with Crippen LogP contribution in [0.25, 0.3) is 10.4 Å². The first-order valence-electron chi connectivity index (χ1n) is 11.4. The fraction of sp³-hybridized carbons (Fsp3) is 0.280. The van der Waals surface area contributed by atoms with E-state index in [4.69, 9.17) is 23.2 Å². The number of urea groups is 1. The summed E-state index contributed by atoms with van der Waals surface area (Å²) >= 11 is 13.4. The lowest BCUT2D eigenvalue weighted by atomic mass is 9.84. The molecule has 0 spiro atoms. The number of nitrogens with zero attached hydrogens (tertiary/aromatic N) is 1. The van der Waals surface area contributed by atoms with Gasteiger partial charge in [0.1, 0.15) is 10.9 Å². The van der Waals surface area contributed by atoms with E-state index in [0.717, 1.165) is 49.0 Å². The summed E-state index contributed by atoms with van der Waals surface area (Å²) in [5.41, 5.74) is 1.21. The van der Waals surface area contributed by atoms with Crippen molar-refractivity contribution in [1.29, 1.82) is 0 Å². The predicted octanol–water partition coefficient (Wildman–Crippen LogP) is 6.52. The molecule has 1 aromatic carbocycles. The Balaban J connectivity index is 1.61. The van der Waals surface area contributed by atoms with Gasteiger partial charge < -0.3 is 21.1 Å². The summed E-state index contributed by atoms with van der Waals surface area (Å²) in [6.07, 6.45) is 7.70. The van der Waals surface area contributed by atoms with E-state index >= 15 is 0 Å². The van der Waals surface area contributed by atoms with Crippen LogP contribution in [0.3, 0.4) is 0 Å². The molecular weight excluding hydrogens is 523 g/mol. The highest BCUT2D eigenvalue weighted by atomic mass is 35.5. The number of amides is 3. The Morgan fingerprint density at radius 2 is 1.75 bits per heavy atom. The second-order valence-corrected chi connectivity index (χ2v) is 10.3. The molecule has 1 saturated carbocycles. The molecule has 0 saturated heterocycles. The Hall–Kier alpha value is -3.14. The molecule has 4 rings (SSSR count). The second-order valence-electron chi connectivity index (χ2n) is 8.46. The number of carbonyl (C=O) groups excluding carboxylic acids is 2. The van der Waals surface area contributed by atoms with Crippen molar-refractivity contribution in [2.45, 2.75) is 38.1 Å². The van der Waals surface area contributed by atoms with E-state index in [1.165, 1.54) is 0 Å². The Morgan fingerprint density at radius 3 is 2.39 bits per heavy atom. The van der Waals surface area contributed by atoms with Crippen LogP contribution in [0.2, 0.25) is 10.0 Å². The summed E-state index contributed by atoms with van der Waals surface area (Å²) < 4.78 is 0. The number of anilines is 2. The predicted molar refractivity (Wildman–Crippen MR) is 142 cm³/mol. The van der Waals surface area contributed by atoms with Crippen LogP contribution < -0.4 is 16.0 Å². The molecule has 0 aliphatic heterocycles. The smallest absolute Gasteiger partial charge is 0.326 e. The molecule has 1 fully saturated rings. The van der Waals surface area contributed by atoms with Gasteiger partial charge in [-0.25, -0.2) is 9.59 Å². The van der Waals surface area contributed by atoms with Crippen LogP contribution in [0.1, 0.15) is 41.8 Å². The van der Waals surface area contributed by atoms with E-state index in [1.54, 1.807) is 42.7 Å². The molecule has 3 aromatic rings. The third-order valence-corrected chi connectivity index (χ3v) is 7.82. The van der Waals surface area contributed by atoms with Gasteiger partial charge in [0.05, 0.1) is 21.4 Å². The van der Waals surface area contributed by atoms with Crippen molar-refractivity contribution in [3.05, 3.63) is 63.7 Å². The summed E-state index contributed by atoms with van der Waals surface area (Å²) in [6, 6.07) is 8.41. The van der Waals surface area contributed by atoms with Crippen molar-refractivity contribution in [3.63, 3.8) is 0 Å². The zero-order valence-electron chi connectivity index (χ0n) is 19.1. The van der Waals surface area contributed by atoms with Crippen molar-refractivity contribution < 1.29 is 19.5 Å². The third kappa shape index (κ3) is 6.16. The van der Waals surface area contributed by atoms with Gasteiger partial charge in [0.25, 0.3) is 5.91 Å². The average Bonchev–Trinajstić information content (AvgIpc) is 3.29. The number of aromatic nitrogens is 1. The number of benzene rings is 1. The number of aliphatic carboxylic acids is 1. The normalized spacial score (nSPS) is 14.6. The van der Waals surface area contributed by atoms with Gasteiger partial charge in [0.2, 0.25) is 0 Å². The lowest BCUT2D eigenvalue weighted by Crippen LogP contribution is -2.46. The molecule has 11 heteroatoms. The molecule has 4 N–H and O–H groups in total. The van der Waals surface area contributed by atoms with Crippen LogP contribution >= 0.6 is 34.5 Å². The van der Waals surface area contributed by atoms with E-state index in [-0.39, 0.29) is 32.2 Å². The maximum Gasteiger partial charge on any atom is 0.326 e. The van der Waals surface area contributed by atoms with Crippen molar-refractivity contribution in [2.24, 2.45) is 5.92 Å². The standard InChI is InChI=1S/C25H24Cl2N4O4S/c26-16-9-4-10-17(27)21(16)31-25(35)29-18-12-19(15-8-5-11-28-13-15)36-22(18)23(32)30-20(24(33)34)14-6-2-1-3-7-14/h4-5,8-14,20H,1-3,6-7H2,(H,30,32)(H,33,34)(H2,29,31,35)/t20-/m0/s1. The number of halogens is 2. The van der Waals surface area contributed by atoms with E-state index in [2.05, 4.69) is 20.9 Å². The molecule has 2 aromatic heterocycles. The Labute approximate surface area is 222 Å². The van der Waals surface area contributed by atoms with Gasteiger partial charge in [-0.3, -0.25) is 9.78 Å². The molecule has 0 bridgehead atoms. The van der Waals surface area contributed by atoms with Gasteiger partial charge >= 0.3 is 12.0 Å². The topological polar surface area (TPSA) is 120 Å². The molecule has 0 radical (unpaired) electrons. The van der Waals surface area contributed by atoms with Crippen LogP contribution in [0.4, 0.5) is 16.2 Å². The number of hydrogen-bond acceptors (Lipinski definition) is 5. The van der Waals surface area contributed by atoms with Gasteiger partial charge in [-0.1, -0.05) is 54.6 Å². The first-order valence-corrected chi connectivity index (χ1v) is 13.0. The highest BCUT2D eigenvalue weighted by molar-refractivity contribution is 7.18. The molecule has 1 aliphatic rings. The molecule has 0 unspecified atom stereocenters. The van der Waals surface area contributed by atoms with Crippen molar-refractivity contribution in [3.8, 4) is 10.4 Å². The van der Waals surface area contributed by atoms with E-state index < -0.39 is 23.9 Å². The maximum atomic E-state index is 13.3. The minimum atomic E-state index is -1.07. The summed E-state index contributed by atoms with van der Waals surface area (Å²) in [7, 11) is 0. The first-order chi connectivity index (χ1) is 17.3. The van der Waals surface area contributed by atoms with Crippen LogP contribution in [0.15, 0.2) is 48.8 Å². The Morgan fingerprint density at radius 1 is 1.03 bits per heavy atom. The van der Waals surface area contributed by atoms with Crippen LogP contribution in [0.5, 0.6) is 0 Å². The fourth-order valence-corrected chi connectivity index (χ4v) is 5.74. The van der Waals surface area contributed by atoms with Gasteiger partial charge in [-0.15, -0.1) is 11.3 Å². The van der Waals surface area contributed by atoms with Crippen LogP contribution in [-0.4, -0.2) is 34.0 Å². The lowest BCUT2D eigenvalue weighted by molar-refractivity contribution is -0.141. The van der Waals surface area contributed by atoms with Crippen LogP contribution in [0, 0.1) is 5.92 Å². The zero-order chi connectivity index (χ0) is 25.7. The van der Waals surface area contributed by atoms with E-state index in [1.807, 2.05) is 6.07 Å². The number of carboxylic acids is 1. The lowest BCUT2D eigenvalue weighted by Gasteiger charge is -2.28. The van der Waals surface area contributed by atoms with Crippen LogP contribution in [-0.2, 0) is 4.79 Å². The molecule has 8 nitrogen and oxygen atoms in total. The number of thiophene rings is 1. The molecular formula is C25H24Cl2N4O4S. The molecule has 188 valence electrons. The zero-order valence-corrected chi connectivity index (χ0v) is 21.4. The summed E-state index contributed by atoms with van der Waals surface area (Å²) in [5, 5.41) is 18.3. The highest BCUT2D eigenvalue weighted by Gasteiger charge is 2.32. The SMILES string of the molecule is O=C(Nc1cc(-c2cccnc2)sc1C(=O)N[C@H](C(=O)O)C1CCCCC1)Nc1c(Cl)cccc1Cl. The third-order valence-electron chi connectivity index (χ3n) is 6.01. The number of nitrogens with one attached hydrogen (secondary N) is 3. The number of para-hydroxylation sites is 1. The first kappa shape index (κ1) is 25.9. The van der Waals surface area contributed by atoms with Gasteiger partial charge in [0.15, 0.2) is 0 Å². The number of pyridine rings is 1. The molecule has 36 heavy (non-hydrogen) atoms. The fourth-order valence-electron chi connectivity index (χ4n) is 4.24. The largest absolute Gasteiger partial charge is 0.480 e. The molecule has 3 amide bonds. The minimum Gasteiger partial charge on any atom is -0.480 e. The number of rotatable bonds is 7. The average molecular weight is 547 g/mol. The highest BCUT2D eigenvalue weighted by Crippen LogP contribution is 2.36. The van der Waals surface area contributed by atoms with Crippen molar-refractivity contribution in [2.75, 3.05) is 10.6 Å². The van der Waals surface area contributed by atoms with Gasteiger partial charge in [-0.05, 0) is 43.0 Å². The summed E-state index contributed by atoms with van der Waals surface area (Å²) in [4.78, 5) is 43.1. The Bertz CT molecular complexity index is 1240. The van der Waals surface area contributed by atoms with Gasteiger partial charge in [-0.2, -0.15) is 0 Å².